The van der Waals surface area contributed by atoms with Gasteiger partial charge in [0.2, 0.25) is 0 Å². The highest BCUT2D eigenvalue weighted by molar-refractivity contribution is 9.10. The van der Waals surface area contributed by atoms with E-state index >= 15 is 0 Å². The van der Waals surface area contributed by atoms with Gasteiger partial charge in [-0.3, -0.25) is 4.79 Å². The molecule has 0 aliphatic rings. The van der Waals surface area contributed by atoms with Gasteiger partial charge in [0.05, 0.1) is 0 Å². The van der Waals surface area contributed by atoms with E-state index in [1.807, 2.05) is 24.3 Å². The number of hydrogen-bond acceptors (Lipinski definition) is 1. The van der Waals surface area contributed by atoms with Crippen LogP contribution in [0.25, 0.3) is 0 Å². The minimum Gasteiger partial charge on any atom is -0.294 e. The molecule has 2 aromatic rings. The lowest BCUT2D eigenvalue weighted by atomic mass is 9.98. The van der Waals surface area contributed by atoms with Crippen molar-refractivity contribution >= 4 is 21.7 Å². The lowest BCUT2D eigenvalue weighted by Crippen LogP contribution is -2.02. The monoisotopic (exact) mass is 316 g/mol. The molecule has 0 saturated carbocycles. The molecule has 19 heavy (non-hydrogen) atoms. The number of benzene rings is 2. The Labute approximate surface area is 122 Å². The summed E-state index contributed by atoms with van der Waals surface area (Å²) in [5.41, 5.74) is 4.56. The van der Waals surface area contributed by atoms with E-state index in [1.165, 1.54) is 16.7 Å². The zero-order valence-electron chi connectivity index (χ0n) is 11.2. The van der Waals surface area contributed by atoms with E-state index in [1.54, 1.807) is 0 Å². The standard InChI is InChI=1S/C17H17BrO/c1-12-6-7-14(13(2)10-12)8-9-17(19)15-4-3-5-16(18)11-15/h3-7,10-11H,8-9H2,1-2H3. The maximum Gasteiger partial charge on any atom is 0.163 e. The largest absolute Gasteiger partial charge is 0.294 e. The molecule has 2 heteroatoms. The maximum atomic E-state index is 12.1. The predicted molar refractivity (Wildman–Crippen MR) is 82.7 cm³/mol. The second-order valence-electron chi connectivity index (χ2n) is 4.86. The third-order valence-electron chi connectivity index (χ3n) is 3.27. The van der Waals surface area contributed by atoms with Crippen molar-refractivity contribution < 1.29 is 4.79 Å². The van der Waals surface area contributed by atoms with Gasteiger partial charge in [0.25, 0.3) is 0 Å². The van der Waals surface area contributed by atoms with Crippen molar-refractivity contribution in [2.24, 2.45) is 0 Å². The van der Waals surface area contributed by atoms with Gasteiger partial charge < -0.3 is 0 Å². The first-order valence-corrected chi connectivity index (χ1v) is 7.20. The van der Waals surface area contributed by atoms with Crippen LogP contribution >= 0.6 is 15.9 Å². The highest BCUT2D eigenvalue weighted by atomic mass is 79.9. The second-order valence-corrected chi connectivity index (χ2v) is 5.78. The normalized spacial score (nSPS) is 10.5. The Morgan fingerprint density at radius 3 is 2.58 bits per heavy atom. The van der Waals surface area contributed by atoms with Crippen LogP contribution in [0.3, 0.4) is 0 Å². The molecule has 0 fully saturated rings. The number of hydrogen-bond donors (Lipinski definition) is 0. The summed E-state index contributed by atoms with van der Waals surface area (Å²) in [5, 5.41) is 0. The summed E-state index contributed by atoms with van der Waals surface area (Å²) in [4.78, 5) is 12.1. The molecule has 0 aliphatic heterocycles. The van der Waals surface area contributed by atoms with Crippen molar-refractivity contribution in [3.8, 4) is 0 Å². The Morgan fingerprint density at radius 1 is 1.11 bits per heavy atom. The molecule has 0 N–H and O–H groups in total. The zero-order valence-corrected chi connectivity index (χ0v) is 12.8. The van der Waals surface area contributed by atoms with E-state index in [-0.39, 0.29) is 5.78 Å². The summed E-state index contributed by atoms with van der Waals surface area (Å²) in [6.45, 7) is 4.19. The number of aryl methyl sites for hydroxylation is 3. The molecule has 0 radical (unpaired) electrons. The van der Waals surface area contributed by atoms with Gasteiger partial charge >= 0.3 is 0 Å². The summed E-state index contributed by atoms with van der Waals surface area (Å²) in [5.74, 6) is 0.196. The summed E-state index contributed by atoms with van der Waals surface area (Å²) >= 11 is 3.39. The van der Waals surface area contributed by atoms with Crippen LogP contribution in [0.1, 0.15) is 33.5 Å². The van der Waals surface area contributed by atoms with E-state index in [0.29, 0.717) is 6.42 Å². The van der Waals surface area contributed by atoms with Crippen LogP contribution in [0, 0.1) is 13.8 Å². The number of halogens is 1. The fourth-order valence-electron chi connectivity index (χ4n) is 2.18. The molecule has 0 spiro atoms. The Hall–Kier alpha value is -1.41. The fraction of sp³-hybridized carbons (Fsp3) is 0.235. The summed E-state index contributed by atoms with van der Waals surface area (Å²) < 4.78 is 0.949. The highest BCUT2D eigenvalue weighted by Crippen LogP contribution is 2.16. The minimum atomic E-state index is 0.196. The number of carbonyl (C=O) groups excluding carboxylic acids is 1. The molecule has 0 heterocycles. The van der Waals surface area contributed by atoms with Crippen LogP contribution in [-0.2, 0) is 6.42 Å². The van der Waals surface area contributed by atoms with Crippen LogP contribution < -0.4 is 0 Å². The van der Waals surface area contributed by atoms with Crippen LogP contribution in [-0.4, -0.2) is 5.78 Å². The molecule has 0 bridgehead atoms. The van der Waals surface area contributed by atoms with Gasteiger partial charge in [0.1, 0.15) is 0 Å². The molecule has 0 atom stereocenters. The van der Waals surface area contributed by atoms with Gasteiger partial charge in [-0.05, 0) is 43.5 Å². The van der Waals surface area contributed by atoms with E-state index in [0.717, 1.165) is 16.5 Å². The van der Waals surface area contributed by atoms with Crippen molar-refractivity contribution in [2.45, 2.75) is 26.7 Å². The highest BCUT2D eigenvalue weighted by Gasteiger charge is 2.07. The number of carbonyl (C=O) groups is 1. The van der Waals surface area contributed by atoms with Crippen LogP contribution in [0.5, 0.6) is 0 Å². The lowest BCUT2D eigenvalue weighted by Gasteiger charge is -2.07. The molecule has 2 rings (SSSR count). The fourth-order valence-corrected chi connectivity index (χ4v) is 2.58. The molecule has 0 saturated heterocycles. The van der Waals surface area contributed by atoms with Gasteiger partial charge in [-0.2, -0.15) is 0 Å². The topological polar surface area (TPSA) is 17.1 Å². The average molecular weight is 317 g/mol. The van der Waals surface area contributed by atoms with Crippen molar-refractivity contribution in [3.63, 3.8) is 0 Å². The Bertz CT molecular complexity index is 602. The van der Waals surface area contributed by atoms with Crippen molar-refractivity contribution in [3.05, 3.63) is 69.2 Å². The van der Waals surface area contributed by atoms with E-state index in [4.69, 9.17) is 0 Å². The second kappa shape index (κ2) is 6.16. The zero-order chi connectivity index (χ0) is 13.8. The van der Waals surface area contributed by atoms with Crippen LogP contribution in [0.4, 0.5) is 0 Å². The first-order valence-electron chi connectivity index (χ1n) is 6.41. The Morgan fingerprint density at radius 2 is 1.89 bits per heavy atom. The maximum absolute atomic E-state index is 12.1. The van der Waals surface area contributed by atoms with Gasteiger partial charge in [-0.15, -0.1) is 0 Å². The third-order valence-corrected chi connectivity index (χ3v) is 3.76. The molecular weight excluding hydrogens is 300 g/mol. The summed E-state index contributed by atoms with van der Waals surface area (Å²) in [6.07, 6.45) is 1.36. The first kappa shape index (κ1) is 14.0. The summed E-state index contributed by atoms with van der Waals surface area (Å²) in [6, 6.07) is 14.0. The Balaban J connectivity index is 2.04. The van der Waals surface area contributed by atoms with E-state index < -0.39 is 0 Å². The lowest BCUT2D eigenvalue weighted by molar-refractivity contribution is 0.0983. The molecular formula is C17H17BrO. The third kappa shape index (κ3) is 3.77. The SMILES string of the molecule is Cc1ccc(CCC(=O)c2cccc(Br)c2)c(C)c1. The number of ketones is 1. The van der Waals surface area contributed by atoms with Gasteiger partial charge in [0.15, 0.2) is 5.78 Å². The summed E-state index contributed by atoms with van der Waals surface area (Å²) in [7, 11) is 0. The molecule has 2 aromatic carbocycles. The molecule has 0 unspecified atom stereocenters. The van der Waals surface area contributed by atoms with Crippen LogP contribution in [0.2, 0.25) is 0 Å². The smallest absolute Gasteiger partial charge is 0.163 e. The molecule has 0 aliphatic carbocycles. The molecule has 0 amide bonds. The molecule has 98 valence electrons. The number of rotatable bonds is 4. The first-order chi connectivity index (χ1) is 9.06. The molecule has 0 aromatic heterocycles. The quantitative estimate of drug-likeness (QED) is 0.734. The minimum absolute atomic E-state index is 0.196. The van der Waals surface area contributed by atoms with E-state index in [2.05, 4.69) is 48.0 Å². The van der Waals surface area contributed by atoms with Gasteiger partial charge in [0, 0.05) is 16.5 Å². The van der Waals surface area contributed by atoms with Crippen molar-refractivity contribution in [2.75, 3.05) is 0 Å². The van der Waals surface area contributed by atoms with Gasteiger partial charge in [-0.1, -0.05) is 51.8 Å². The van der Waals surface area contributed by atoms with E-state index in [9.17, 15) is 4.79 Å². The Kier molecular flexibility index (Phi) is 4.54. The van der Waals surface area contributed by atoms with Crippen molar-refractivity contribution in [1.82, 2.24) is 0 Å². The number of Topliss-reactive ketones (excluding diaryl/α,β-unsaturated/α-hetero) is 1. The predicted octanol–water partition coefficient (Wildman–Crippen LogP) is 4.88. The molecule has 1 nitrogen and oxygen atoms in total. The van der Waals surface area contributed by atoms with Gasteiger partial charge in [-0.25, -0.2) is 0 Å². The van der Waals surface area contributed by atoms with Crippen LogP contribution in [0.15, 0.2) is 46.9 Å². The average Bonchev–Trinajstić information content (AvgIpc) is 2.37. The van der Waals surface area contributed by atoms with Crippen molar-refractivity contribution in [1.29, 1.82) is 0 Å².